The Hall–Kier alpha value is -2.43. The van der Waals surface area contributed by atoms with Gasteiger partial charge in [0, 0.05) is 17.5 Å². The van der Waals surface area contributed by atoms with E-state index in [2.05, 4.69) is 5.32 Å². The fourth-order valence-corrected chi connectivity index (χ4v) is 4.08. The summed E-state index contributed by atoms with van der Waals surface area (Å²) in [4.78, 5) is 38.9. The van der Waals surface area contributed by atoms with E-state index >= 15 is 0 Å². The number of benzene rings is 1. The van der Waals surface area contributed by atoms with Gasteiger partial charge < -0.3 is 5.32 Å². The van der Waals surface area contributed by atoms with Crippen molar-refractivity contribution in [3.05, 3.63) is 42.0 Å². The van der Waals surface area contributed by atoms with Crippen molar-refractivity contribution in [1.82, 2.24) is 5.32 Å². The topological polar surface area (TPSA) is 66.5 Å². The highest BCUT2D eigenvalue weighted by Crippen LogP contribution is 2.51. The van der Waals surface area contributed by atoms with Crippen molar-refractivity contribution in [2.45, 2.75) is 13.3 Å². The Bertz CT molecular complexity index is 725. The van der Waals surface area contributed by atoms with Gasteiger partial charge in [-0.05, 0) is 18.6 Å². The van der Waals surface area contributed by atoms with E-state index in [1.54, 1.807) is 12.1 Å². The van der Waals surface area contributed by atoms with Crippen molar-refractivity contribution in [2.75, 3.05) is 11.4 Å². The molecule has 2 aliphatic heterocycles. The highest BCUT2D eigenvalue weighted by molar-refractivity contribution is 6.23. The van der Waals surface area contributed by atoms with Crippen molar-refractivity contribution in [1.29, 1.82) is 0 Å². The lowest BCUT2D eigenvalue weighted by molar-refractivity contribution is -0.124. The van der Waals surface area contributed by atoms with Crippen molar-refractivity contribution in [2.24, 2.45) is 17.3 Å². The highest BCUT2D eigenvalue weighted by atomic mass is 16.2. The van der Waals surface area contributed by atoms with Crippen molar-refractivity contribution >= 4 is 23.4 Å². The van der Waals surface area contributed by atoms with Gasteiger partial charge in [0.2, 0.25) is 17.7 Å². The Morgan fingerprint density at radius 2 is 1.86 bits per heavy atom. The Labute approximate surface area is 128 Å². The van der Waals surface area contributed by atoms with Gasteiger partial charge in [0.15, 0.2) is 0 Å². The van der Waals surface area contributed by atoms with Crippen molar-refractivity contribution in [3.8, 4) is 0 Å². The molecule has 0 bridgehead atoms. The minimum atomic E-state index is -0.587. The van der Waals surface area contributed by atoms with E-state index in [1.807, 2.05) is 31.2 Å². The quantitative estimate of drug-likeness (QED) is 0.793. The van der Waals surface area contributed by atoms with E-state index in [0.29, 0.717) is 24.2 Å². The predicted molar refractivity (Wildman–Crippen MR) is 79.7 cm³/mol. The predicted octanol–water partition coefficient (Wildman–Crippen LogP) is 1.26. The maximum atomic E-state index is 12.9. The summed E-state index contributed by atoms with van der Waals surface area (Å²) >= 11 is 0. The highest BCUT2D eigenvalue weighted by Gasteiger charge is 2.61. The standard InChI is InChI=1S/C17H16N2O3/c1-17-9-18-14(20)12(17)8-7-11-13(17)16(22)19(15(11)21)10-5-3-2-4-6-10/h2-6,8,11,13H,7,9H2,1H3,(H,18,20)/t11-,13+,17+/m1/s1. The van der Waals surface area contributed by atoms with Gasteiger partial charge in [0.1, 0.15) is 0 Å². The molecule has 0 unspecified atom stereocenters. The van der Waals surface area contributed by atoms with Crippen LogP contribution in [0.2, 0.25) is 0 Å². The monoisotopic (exact) mass is 296 g/mol. The van der Waals surface area contributed by atoms with Crippen LogP contribution in [0.3, 0.4) is 0 Å². The zero-order chi connectivity index (χ0) is 15.5. The number of nitrogens with one attached hydrogen (secondary N) is 1. The molecular weight excluding hydrogens is 280 g/mol. The SMILES string of the molecule is C[C@]12CNC(=O)C1=CC[C@H]1C(=O)N(c3ccccc3)C(=O)[C@H]12. The molecule has 0 radical (unpaired) electrons. The normalized spacial score (nSPS) is 33.4. The molecule has 0 aromatic heterocycles. The summed E-state index contributed by atoms with van der Waals surface area (Å²) in [6, 6.07) is 9.00. The Balaban J connectivity index is 1.79. The molecule has 112 valence electrons. The van der Waals surface area contributed by atoms with Crippen molar-refractivity contribution in [3.63, 3.8) is 0 Å². The number of amides is 3. The molecule has 5 heteroatoms. The molecule has 3 amide bonds. The van der Waals surface area contributed by atoms with Crippen LogP contribution in [0.15, 0.2) is 42.0 Å². The number of carbonyl (C=O) groups excluding carboxylic acids is 3. The maximum Gasteiger partial charge on any atom is 0.247 e. The van der Waals surface area contributed by atoms with Crippen LogP contribution < -0.4 is 10.2 Å². The lowest BCUT2D eigenvalue weighted by atomic mass is 9.64. The van der Waals surface area contributed by atoms with Crippen LogP contribution in [-0.2, 0) is 14.4 Å². The summed E-state index contributed by atoms with van der Waals surface area (Å²) in [5, 5.41) is 2.82. The summed E-state index contributed by atoms with van der Waals surface area (Å²) in [5.74, 6) is -1.28. The second-order valence-electron chi connectivity index (χ2n) is 6.39. The van der Waals surface area contributed by atoms with E-state index in [9.17, 15) is 14.4 Å². The minimum Gasteiger partial charge on any atom is -0.351 e. The zero-order valence-electron chi connectivity index (χ0n) is 12.2. The van der Waals surface area contributed by atoms with Gasteiger partial charge in [-0.1, -0.05) is 31.2 Å². The number of fused-ring (bicyclic) bond motifs is 3. The molecule has 1 N–H and O–H groups in total. The molecule has 1 aromatic rings. The van der Waals surface area contributed by atoms with Crippen LogP contribution in [0, 0.1) is 17.3 Å². The molecule has 4 rings (SSSR count). The average Bonchev–Trinajstić information content (AvgIpc) is 2.96. The van der Waals surface area contributed by atoms with Gasteiger partial charge in [-0.25, -0.2) is 0 Å². The van der Waals surface area contributed by atoms with Gasteiger partial charge in [0.25, 0.3) is 0 Å². The summed E-state index contributed by atoms with van der Waals surface area (Å²) in [6.07, 6.45) is 2.29. The van der Waals surface area contributed by atoms with Crippen LogP contribution in [0.5, 0.6) is 0 Å². The summed E-state index contributed by atoms with van der Waals surface area (Å²) < 4.78 is 0. The Morgan fingerprint density at radius 3 is 2.59 bits per heavy atom. The Morgan fingerprint density at radius 1 is 1.14 bits per heavy atom. The number of carbonyl (C=O) groups is 3. The van der Waals surface area contributed by atoms with Crippen LogP contribution in [0.1, 0.15) is 13.3 Å². The van der Waals surface area contributed by atoms with Gasteiger partial charge in [-0.2, -0.15) is 0 Å². The number of allylic oxidation sites excluding steroid dienone is 1. The largest absolute Gasteiger partial charge is 0.351 e. The van der Waals surface area contributed by atoms with Crippen LogP contribution in [0.25, 0.3) is 0 Å². The first kappa shape index (κ1) is 13.2. The minimum absolute atomic E-state index is 0.112. The lowest BCUT2D eigenvalue weighted by Gasteiger charge is -2.35. The first-order chi connectivity index (χ1) is 10.5. The third-order valence-corrected chi connectivity index (χ3v) is 5.18. The second kappa shape index (κ2) is 4.29. The molecule has 0 saturated carbocycles. The summed E-state index contributed by atoms with van der Waals surface area (Å²) in [7, 11) is 0. The fraction of sp³-hybridized carbons (Fsp3) is 0.353. The van der Waals surface area contributed by atoms with Gasteiger partial charge in [-0.15, -0.1) is 0 Å². The van der Waals surface area contributed by atoms with E-state index < -0.39 is 11.3 Å². The summed E-state index contributed by atoms with van der Waals surface area (Å²) in [5.41, 5.74) is 0.676. The van der Waals surface area contributed by atoms with Crippen molar-refractivity contribution < 1.29 is 14.4 Å². The molecule has 2 heterocycles. The number of anilines is 1. The molecule has 22 heavy (non-hydrogen) atoms. The first-order valence-corrected chi connectivity index (χ1v) is 7.46. The third kappa shape index (κ3) is 1.51. The molecule has 5 nitrogen and oxygen atoms in total. The smallest absolute Gasteiger partial charge is 0.247 e. The van der Waals surface area contributed by atoms with Gasteiger partial charge >= 0.3 is 0 Å². The number of para-hydroxylation sites is 1. The molecular formula is C17H16N2O3. The molecule has 1 aliphatic carbocycles. The number of nitrogens with zero attached hydrogens (tertiary/aromatic N) is 1. The van der Waals surface area contributed by atoms with E-state index in [1.165, 1.54) is 4.90 Å². The fourth-order valence-electron chi connectivity index (χ4n) is 4.08. The van der Waals surface area contributed by atoms with E-state index in [-0.39, 0.29) is 23.6 Å². The molecule has 3 atom stereocenters. The first-order valence-electron chi connectivity index (χ1n) is 7.46. The molecule has 2 saturated heterocycles. The number of hydrogen-bond donors (Lipinski definition) is 1. The Kier molecular flexibility index (Phi) is 2.58. The van der Waals surface area contributed by atoms with E-state index in [4.69, 9.17) is 0 Å². The molecule has 2 fully saturated rings. The van der Waals surface area contributed by atoms with Crippen LogP contribution in [0.4, 0.5) is 5.69 Å². The van der Waals surface area contributed by atoms with Gasteiger partial charge in [0.05, 0.1) is 17.5 Å². The zero-order valence-corrected chi connectivity index (χ0v) is 12.2. The van der Waals surface area contributed by atoms with Crippen LogP contribution in [-0.4, -0.2) is 24.3 Å². The third-order valence-electron chi connectivity index (χ3n) is 5.18. The van der Waals surface area contributed by atoms with Crippen LogP contribution >= 0.6 is 0 Å². The number of hydrogen-bond acceptors (Lipinski definition) is 3. The van der Waals surface area contributed by atoms with Gasteiger partial charge in [-0.3, -0.25) is 19.3 Å². The lowest BCUT2D eigenvalue weighted by Crippen LogP contribution is -2.41. The number of imide groups is 1. The molecule has 0 spiro atoms. The summed E-state index contributed by atoms with van der Waals surface area (Å²) in [6.45, 7) is 2.33. The molecule has 1 aromatic carbocycles. The number of rotatable bonds is 1. The maximum absolute atomic E-state index is 12.9. The van der Waals surface area contributed by atoms with E-state index in [0.717, 1.165) is 0 Å². The molecule has 3 aliphatic rings. The second-order valence-corrected chi connectivity index (χ2v) is 6.39. The average molecular weight is 296 g/mol.